The number of nitrogens with zero attached hydrogens (tertiary/aromatic N) is 1. The molecule has 0 spiro atoms. The fraction of sp³-hybridized carbons (Fsp3) is 0.333. The fourth-order valence-electron chi connectivity index (χ4n) is 2.14. The number of aromatic nitrogens is 1. The Bertz CT molecular complexity index is 730. The summed E-state index contributed by atoms with van der Waals surface area (Å²) in [6, 6.07) is 7.97. The van der Waals surface area contributed by atoms with E-state index in [1.165, 1.54) is 24.4 Å². The van der Waals surface area contributed by atoms with Gasteiger partial charge < -0.3 is 10.6 Å². The molecule has 0 saturated heterocycles. The Labute approximate surface area is 144 Å². The van der Waals surface area contributed by atoms with Crippen molar-refractivity contribution in [2.75, 3.05) is 11.9 Å². The van der Waals surface area contributed by atoms with Gasteiger partial charge in [0, 0.05) is 24.1 Å². The highest BCUT2D eigenvalue weighted by Crippen LogP contribution is 2.31. The van der Waals surface area contributed by atoms with Crippen LogP contribution in [0.4, 0.5) is 24.5 Å². The molecule has 134 valence electrons. The van der Waals surface area contributed by atoms with Crippen molar-refractivity contribution < 1.29 is 18.0 Å². The summed E-state index contributed by atoms with van der Waals surface area (Å²) in [5.74, 6) is 0.163. The second-order valence-corrected chi connectivity index (χ2v) is 6.07. The van der Waals surface area contributed by atoms with Crippen molar-refractivity contribution in [1.29, 1.82) is 0 Å². The third kappa shape index (κ3) is 5.77. The van der Waals surface area contributed by atoms with E-state index in [4.69, 9.17) is 0 Å². The number of nitrogens with one attached hydrogen (secondary N) is 2. The number of amides is 1. The first kappa shape index (κ1) is 18.8. The number of carbonyl (C=O) groups is 1. The molecule has 7 heteroatoms. The van der Waals surface area contributed by atoms with Gasteiger partial charge in [0.1, 0.15) is 5.69 Å². The van der Waals surface area contributed by atoms with E-state index in [-0.39, 0.29) is 17.3 Å². The second kappa shape index (κ2) is 8.00. The molecule has 1 heterocycles. The van der Waals surface area contributed by atoms with Crippen LogP contribution in [0.15, 0.2) is 42.6 Å². The van der Waals surface area contributed by atoms with Crippen molar-refractivity contribution >= 4 is 17.3 Å². The van der Waals surface area contributed by atoms with Crippen molar-refractivity contribution in [3.8, 4) is 0 Å². The molecule has 2 aromatic rings. The first-order chi connectivity index (χ1) is 11.8. The highest BCUT2D eigenvalue weighted by atomic mass is 19.4. The van der Waals surface area contributed by atoms with Gasteiger partial charge in [0.15, 0.2) is 0 Å². The van der Waals surface area contributed by atoms with Gasteiger partial charge in [-0.25, -0.2) is 0 Å². The molecule has 2 rings (SSSR count). The summed E-state index contributed by atoms with van der Waals surface area (Å²) >= 11 is 0. The van der Waals surface area contributed by atoms with E-state index in [2.05, 4.69) is 29.5 Å². The molecule has 1 amide bonds. The van der Waals surface area contributed by atoms with Crippen LogP contribution in [0.1, 0.15) is 36.3 Å². The predicted molar refractivity (Wildman–Crippen MR) is 90.8 cm³/mol. The fourth-order valence-corrected chi connectivity index (χ4v) is 2.14. The van der Waals surface area contributed by atoms with E-state index in [0.717, 1.165) is 18.6 Å². The number of alkyl halides is 3. The van der Waals surface area contributed by atoms with Gasteiger partial charge in [0.25, 0.3) is 5.91 Å². The maximum Gasteiger partial charge on any atom is 0.416 e. The molecule has 1 aromatic heterocycles. The Morgan fingerprint density at radius 1 is 1.16 bits per heavy atom. The highest BCUT2D eigenvalue weighted by Gasteiger charge is 2.30. The molecule has 0 radical (unpaired) electrons. The average molecular weight is 351 g/mol. The Morgan fingerprint density at radius 2 is 1.88 bits per heavy atom. The van der Waals surface area contributed by atoms with E-state index in [0.29, 0.717) is 18.2 Å². The lowest BCUT2D eigenvalue weighted by Gasteiger charge is -2.11. The molecule has 0 saturated carbocycles. The van der Waals surface area contributed by atoms with Crippen LogP contribution in [-0.2, 0) is 6.18 Å². The number of hydrogen-bond acceptors (Lipinski definition) is 3. The van der Waals surface area contributed by atoms with Crippen molar-refractivity contribution in [1.82, 2.24) is 10.3 Å². The Morgan fingerprint density at radius 3 is 2.56 bits per heavy atom. The molecule has 0 aliphatic rings. The maximum atomic E-state index is 12.8. The van der Waals surface area contributed by atoms with Crippen molar-refractivity contribution in [2.24, 2.45) is 5.92 Å². The molecule has 0 bridgehead atoms. The third-order valence-corrected chi connectivity index (χ3v) is 3.48. The number of pyridine rings is 1. The number of carbonyl (C=O) groups excluding carboxylic acids is 1. The van der Waals surface area contributed by atoms with Crippen LogP contribution >= 0.6 is 0 Å². The quantitative estimate of drug-likeness (QED) is 0.798. The molecule has 2 N–H and O–H groups in total. The first-order valence-electron chi connectivity index (χ1n) is 7.94. The second-order valence-electron chi connectivity index (χ2n) is 6.07. The van der Waals surface area contributed by atoms with Crippen molar-refractivity contribution in [3.63, 3.8) is 0 Å². The minimum atomic E-state index is -4.41. The molecule has 1 aromatic carbocycles. The molecule has 0 unspecified atom stereocenters. The van der Waals surface area contributed by atoms with Gasteiger partial charge in [-0.05, 0) is 42.7 Å². The summed E-state index contributed by atoms with van der Waals surface area (Å²) in [5.41, 5.74) is 0.245. The molecule has 0 atom stereocenters. The minimum absolute atomic E-state index is 0.209. The van der Waals surface area contributed by atoms with E-state index in [1.54, 1.807) is 6.07 Å². The standard InChI is InChI=1S/C18H20F3N3O/c1-12(2)6-8-23-17(25)16-11-15(7-9-22-16)24-14-5-3-4-13(10-14)18(19,20)21/h3-5,7,9-12H,6,8H2,1-2H3,(H,22,24)(H,23,25). The Kier molecular flexibility index (Phi) is 6.01. The average Bonchev–Trinajstić information content (AvgIpc) is 2.54. The molecular weight excluding hydrogens is 331 g/mol. The van der Waals surface area contributed by atoms with Crippen LogP contribution in [0.5, 0.6) is 0 Å². The van der Waals surface area contributed by atoms with Crippen molar-refractivity contribution in [3.05, 3.63) is 53.9 Å². The molecule has 4 nitrogen and oxygen atoms in total. The van der Waals surface area contributed by atoms with E-state index >= 15 is 0 Å². The number of rotatable bonds is 6. The van der Waals surface area contributed by atoms with Gasteiger partial charge in [-0.2, -0.15) is 13.2 Å². The number of anilines is 2. The summed E-state index contributed by atoms with van der Waals surface area (Å²) < 4.78 is 38.3. The van der Waals surface area contributed by atoms with Gasteiger partial charge in [-0.3, -0.25) is 9.78 Å². The summed E-state index contributed by atoms with van der Waals surface area (Å²) in [6.07, 6.45) is -2.11. The van der Waals surface area contributed by atoms with Crippen molar-refractivity contribution in [2.45, 2.75) is 26.4 Å². The molecular formula is C18H20F3N3O. The molecule has 0 fully saturated rings. The van der Waals surface area contributed by atoms with E-state index in [9.17, 15) is 18.0 Å². The van der Waals surface area contributed by atoms with Crippen LogP contribution in [0.3, 0.4) is 0 Å². The zero-order chi connectivity index (χ0) is 18.4. The van der Waals surface area contributed by atoms with Gasteiger partial charge in [-0.1, -0.05) is 19.9 Å². The number of hydrogen-bond donors (Lipinski definition) is 2. The van der Waals surface area contributed by atoms with Gasteiger partial charge in [0.05, 0.1) is 5.56 Å². The topological polar surface area (TPSA) is 54.0 Å². The summed E-state index contributed by atoms with van der Waals surface area (Å²) in [7, 11) is 0. The lowest BCUT2D eigenvalue weighted by molar-refractivity contribution is -0.137. The van der Waals surface area contributed by atoms with Gasteiger partial charge in [-0.15, -0.1) is 0 Å². The van der Waals surface area contributed by atoms with Crippen LogP contribution in [-0.4, -0.2) is 17.4 Å². The third-order valence-electron chi connectivity index (χ3n) is 3.48. The lowest BCUT2D eigenvalue weighted by Crippen LogP contribution is -2.26. The number of halogens is 3. The lowest BCUT2D eigenvalue weighted by atomic mass is 10.1. The first-order valence-corrected chi connectivity index (χ1v) is 7.94. The van der Waals surface area contributed by atoms with Gasteiger partial charge >= 0.3 is 6.18 Å². The monoisotopic (exact) mass is 351 g/mol. The largest absolute Gasteiger partial charge is 0.416 e. The summed E-state index contributed by atoms with van der Waals surface area (Å²) in [4.78, 5) is 16.1. The predicted octanol–water partition coefficient (Wildman–Crippen LogP) is 4.62. The Balaban J connectivity index is 2.08. The summed E-state index contributed by atoms with van der Waals surface area (Å²) in [5, 5.41) is 5.64. The summed E-state index contributed by atoms with van der Waals surface area (Å²) in [6.45, 7) is 4.66. The zero-order valence-electron chi connectivity index (χ0n) is 14.0. The van der Waals surface area contributed by atoms with E-state index in [1.807, 2.05) is 0 Å². The smallest absolute Gasteiger partial charge is 0.355 e. The van der Waals surface area contributed by atoms with Crippen LogP contribution in [0.2, 0.25) is 0 Å². The normalized spacial score (nSPS) is 11.4. The van der Waals surface area contributed by atoms with E-state index < -0.39 is 11.7 Å². The van der Waals surface area contributed by atoms with Crippen LogP contribution < -0.4 is 10.6 Å². The van der Waals surface area contributed by atoms with Crippen LogP contribution in [0, 0.1) is 5.92 Å². The zero-order valence-corrected chi connectivity index (χ0v) is 14.0. The van der Waals surface area contributed by atoms with Gasteiger partial charge in [0.2, 0.25) is 0 Å². The SMILES string of the molecule is CC(C)CCNC(=O)c1cc(Nc2cccc(C(F)(F)F)c2)ccn1. The molecule has 0 aliphatic carbocycles. The minimum Gasteiger partial charge on any atom is -0.355 e. The molecule has 25 heavy (non-hydrogen) atoms. The molecule has 0 aliphatic heterocycles. The number of benzene rings is 1. The maximum absolute atomic E-state index is 12.8. The van der Waals surface area contributed by atoms with Crippen LogP contribution in [0.25, 0.3) is 0 Å². The highest BCUT2D eigenvalue weighted by molar-refractivity contribution is 5.93. The Hall–Kier alpha value is -2.57.